The topological polar surface area (TPSA) is 59.2 Å². The maximum absolute atomic E-state index is 4.76. The van der Waals surface area contributed by atoms with Crippen LogP contribution in [0.1, 0.15) is 25.0 Å². The molecule has 1 fully saturated rings. The molecule has 0 bridgehead atoms. The summed E-state index contributed by atoms with van der Waals surface area (Å²) < 4.78 is 1.81. The number of anilines is 1. The summed E-state index contributed by atoms with van der Waals surface area (Å²) in [4.78, 5) is 16.1. The highest BCUT2D eigenvalue weighted by molar-refractivity contribution is 5.61. The van der Waals surface area contributed by atoms with Gasteiger partial charge in [-0.15, -0.1) is 0 Å². The molecule has 0 atom stereocenters. The molecule has 6 nitrogen and oxygen atoms in total. The Hall–Kier alpha value is -2.50. The predicted octanol–water partition coefficient (Wildman–Crippen LogP) is 2.49. The summed E-state index contributed by atoms with van der Waals surface area (Å²) in [6.45, 7) is 4.11. The number of aryl methyl sites for hydroxylation is 1. The number of fused-ring (bicyclic) bond motifs is 1. The van der Waals surface area contributed by atoms with Crippen LogP contribution in [0.15, 0.2) is 30.6 Å². The SMILES string of the molecule is Cc1nc2cccnn2c1-c1nccc(N2CCCCC2)n1. The molecule has 0 saturated carbocycles. The molecular formula is C16H18N6. The summed E-state index contributed by atoms with van der Waals surface area (Å²) in [6.07, 6.45) is 7.36. The lowest BCUT2D eigenvalue weighted by atomic mass is 10.1. The Morgan fingerprint density at radius 2 is 1.86 bits per heavy atom. The highest BCUT2D eigenvalue weighted by Crippen LogP contribution is 2.23. The molecule has 3 aromatic rings. The number of nitrogens with zero attached hydrogens (tertiary/aromatic N) is 6. The van der Waals surface area contributed by atoms with Crippen molar-refractivity contribution in [1.29, 1.82) is 0 Å². The zero-order chi connectivity index (χ0) is 14.9. The summed E-state index contributed by atoms with van der Waals surface area (Å²) in [7, 11) is 0. The van der Waals surface area contributed by atoms with Crippen LogP contribution < -0.4 is 4.90 Å². The van der Waals surface area contributed by atoms with Crippen LogP contribution in [0.2, 0.25) is 0 Å². The Bertz CT molecular complexity index is 803. The van der Waals surface area contributed by atoms with E-state index in [1.54, 1.807) is 6.20 Å². The van der Waals surface area contributed by atoms with Gasteiger partial charge in [-0.1, -0.05) is 0 Å². The van der Waals surface area contributed by atoms with E-state index in [4.69, 9.17) is 4.98 Å². The van der Waals surface area contributed by atoms with Gasteiger partial charge in [-0.05, 0) is 44.4 Å². The second kappa shape index (κ2) is 5.36. The maximum Gasteiger partial charge on any atom is 0.182 e. The first-order valence-corrected chi connectivity index (χ1v) is 7.72. The fourth-order valence-corrected chi connectivity index (χ4v) is 3.02. The molecule has 0 N–H and O–H groups in total. The van der Waals surface area contributed by atoms with E-state index in [2.05, 4.69) is 20.0 Å². The molecule has 1 aliphatic heterocycles. The molecule has 0 amide bonds. The van der Waals surface area contributed by atoms with E-state index in [-0.39, 0.29) is 0 Å². The zero-order valence-corrected chi connectivity index (χ0v) is 12.6. The van der Waals surface area contributed by atoms with Gasteiger partial charge < -0.3 is 4.90 Å². The van der Waals surface area contributed by atoms with Crippen LogP contribution in [0, 0.1) is 6.92 Å². The normalized spacial score (nSPS) is 15.4. The van der Waals surface area contributed by atoms with Gasteiger partial charge in [0.1, 0.15) is 11.5 Å². The third kappa shape index (κ3) is 2.20. The minimum Gasteiger partial charge on any atom is -0.357 e. The maximum atomic E-state index is 4.76. The molecular weight excluding hydrogens is 276 g/mol. The lowest BCUT2D eigenvalue weighted by molar-refractivity contribution is 0.573. The fraction of sp³-hybridized carbons (Fsp3) is 0.375. The summed E-state index contributed by atoms with van der Waals surface area (Å²) in [5, 5.41) is 4.38. The Morgan fingerprint density at radius 1 is 1.00 bits per heavy atom. The average Bonchev–Trinajstić information content (AvgIpc) is 2.91. The fourth-order valence-electron chi connectivity index (χ4n) is 3.02. The van der Waals surface area contributed by atoms with E-state index in [0.29, 0.717) is 5.82 Å². The van der Waals surface area contributed by atoms with Crippen LogP contribution in [-0.4, -0.2) is 37.7 Å². The van der Waals surface area contributed by atoms with Gasteiger partial charge in [0.2, 0.25) is 0 Å². The number of aromatic nitrogens is 5. The van der Waals surface area contributed by atoms with Crippen LogP contribution in [0.5, 0.6) is 0 Å². The third-order valence-corrected chi connectivity index (χ3v) is 4.10. The van der Waals surface area contributed by atoms with E-state index in [9.17, 15) is 0 Å². The predicted molar refractivity (Wildman–Crippen MR) is 84.8 cm³/mol. The first kappa shape index (κ1) is 13.2. The average molecular weight is 294 g/mol. The Labute approximate surface area is 128 Å². The molecule has 0 aliphatic carbocycles. The van der Waals surface area contributed by atoms with Crippen LogP contribution in [0.4, 0.5) is 5.82 Å². The molecule has 4 heterocycles. The summed E-state index contributed by atoms with van der Waals surface area (Å²) in [6, 6.07) is 5.81. The molecule has 0 radical (unpaired) electrons. The molecule has 22 heavy (non-hydrogen) atoms. The number of piperidine rings is 1. The second-order valence-corrected chi connectivity index (χ2v) is 5.63. The number of rotatable bonds is 2. The van der Waals surface area contributed by atoms with Gasteiger partial charge in [0.05, 0.1) is 5.69 Å². The van der Waals surface area contributed by atoms with Crippen molar-refractivity contribution in [1.82, 2.24) is 24.6 Å². The zero-order valence-electron chi connectivity index (χ0n) is 12.6. The first-order valence-electron chi connectivity index (χ1n) is 7.72. The van der Waals surface area contributed by atoms with Crippen molar-refractivity contribution in [2.45, 2.75) is 26.2 Å². The standard InChI is InChI=1S/C16H18N6/c1-12-15(22-14(19-12)6-5-8-18-22)16-17-9-7-13(20-16)21-10-3-2-4-11-21/h5-9H,2-4,10-11H2,1H3. The van der Waals surface area contributed by atoms with Crippen molar-refractivity contribution in [3.63, 3.8) is 0 Å². The molecule has 0 aromatic carbocycles. The molecule has 1 saturated heterocycles. The summed E-state index contributed by atoms with van der Waals surface area (Å²) in [5.74, 6) is 1.68. The van der Waals surface area contributed by atoms with E-state index >= 15 is 0 Å². The monoisotopic (exact) mass is 294 g/mol. The van der Waals surface area contributed by atoms with Gasteiger partial charge in [-0.25, -0.2) is 19.5 Å². The molecule has 112 valence electrons. The Balaban J connectivity index is 1.80. The van der Waals surface area contributed by atoms with Crippen molar-refractivity contribution < 1.29 is 0 Å². The second-order valence-electron chi connectivity index (χ2n) is 5.63. The van der Waals surface area contributed by atoms with Crippen molar-refractivity contribution in [2.24, 2.45) is 0 Å². The number of imidazole rings is 1. The minimum absolute atomic E-state index is 0.687. The van der Waals surface area contributed by atoms with Crippen LogP contribution >= 0.6 is 0 Å². The Kier molecular flexibility index (Phi) is 3.21. The quantitative estimate of drug-likeness (QED) is 0.726. The molecule has 0 spiro atoms. The van der Waals surface area contributed by atoms with Crippen LogP contribution in [-0.2, 0) is 0 Å². The van der Waals surface area contributed by atoms with Gasteiger partial charge in [0.25, 0.3) is 0 Å². The van der Waals surface area contributed by atoms with Gasteiger partial charge in [0, 0.05) is 25.5 Å². The molecule has 6 heteroatoms. The van der Waals surface area contributed by atoms with Crippen LogP contribution in [0.25, 0.3) is 17.2 Å². The first-order chi connectivity index (χ1) is 10.8. The van der Waals surface area contributed by atoms with E-state index in [1.807, 2.05) is 35.8 Å². The van der Waals surface area contributed by atoms with E-state index in [1.165, 1.54) is 19.3 Å². The van der Waals surface area contributed by atoms with Crippen molar-refractivity contribution in [3.8, 4) is 11.5 Å². The van der Waals surface area contributed by atoms with Crippen molar-refractivity contribution in [2.75, 3.05) is 18.0 Å². The molecule has 0 unspecified atom stereocenters. The van der Waals surface area contributed by atoms with Crippen molar-refractivity contribution in [3.05, 3.63) is 36.3 Å². The van der Waals surface area contributed by atoms with Gasteiger partial charge >= 0.3 is 0 Å². The lowest BCUT2D eigenvalue weighted by Crippen LogP contribution is -2.30. The van der Waals surface area contributed by atoms with Crippen molar-refractivity contribution >= 4 is 11.5 Å². The smallest absolute Gasteiger partial charge is 0.182 e. The third-order valence-electron chi connectivity index (χ3n) is 4.10. The molecule has 3 aromatic heterocycles. The lowest BCUT2D eigenvalue weighted by Gasteiger charge is -2.27. The number of hydrogen-bond donors (Lipinski definition) is 0. The van der Waals surface area contributed by atoms with Crippen LogP contribution in [0.3, 0.4) is 0 Å². The molecule has 1 aliphatic rings. The summed E-state index contributed by atoms with van der Waals surface area (Å²) >= 11 is 0. The van der Waals surface area contributed by atoms with Gasteiger partial charge in [-0.2, -0.15) is 5.10 Å². The van der Waals surface area contributed by atoms with Gasteiger partial charge in [-0.3, -0.25) is 0 Å². The number of hydrogen-bond acceptors (Lipinski definition) is 5. The largest absolute Gasteiger partial charge is 0.357 e. The van der Waals surface area contributed by atoms with Gasteiger partial charge in [0.15, 0.2) is 11.5 Å². The summed E-state index contributed by atoms with van der Waals surface area (Å²) in [5.41, 5.74) is 2.59. The van der Waals surface area contributed by atoms with E-state index < -0.39 is 0 Å². The highest BCUT2D eigenvalue weighted by atomic mass is 15.3. The molecule has 4 rings (SSSR count). The van der Waals surface area contributed by atoms with E-state index in [0.717, 1.165) is 35.9 Å². The highest BCUT2D eigenvalue weighted by Gasteiger charge is 2.17. The Morgan fingerprint density at radius 3 is 2.73 bits per heavy atom. The minimum atomic E-state index is 0.687.